The second kappa shape index (κ2) is 9.67. The number of hydrogen-bond acceptors (Lipinski definition) is 4. The fourth-order valence-electron chi connectivity index (χ4n) is 2.63. The lowest BCUT2D eigenvalue weighted by atomic mass is 10.2. The number of benzene rings is 3. The van der Waals surface area contributed by atoms with Crippen LogP contribution in [-0.4, -0.2) is 13.3 Å². The summed E-state index contributed by atoms with van der Waals surface area (Å²) in [7, 11) is 1.53. The van der Waals surface area contributed by atoms with Crippen molar-refractivity contribution in [3.63, 3.8) is 0 Å². The van der Waals surface area contributed by atoms with Gasteiger partial charge in [-0.2, -0.15) is 18.3 Å². The van der Waals surface area contributed by atoms with E-state index in [0.29, 0.717) is 28.1 Å². The highest BCUT2D eigenvalue weighted by molar-refractivity contribution is 9.10. The first-order valence-corrected chi connectivity index (χ1v) is 9.66. The lowest BCUT2D eigenvalue weighted by Gasteiger charge is -2.13. The van der Waals surface area contributed by atoms with Crippen LogP contribution in [-0.2, 0) is 12.8 Å². The smallest absolute Gasteiger partial charge is 0.416 e. The van der Waals surface area contributed by atoms with Gasteiger partial charge in [0.1, 0.15) is 6.61 Å². The average molecular weight is 479 g/mol. The van der Waals surface area contributed by atoms with E-state index in [1.54, 1.807) is 12.1 Å². The van der Waals surface area contributed by atoms with Crippen LogP contribution in [0.1, 0.15) is 16.7 Å². The Labute approximate surface area is 180 Å². The molecule has 0 amide bonds. The number of halogens is 4. The summed E-state index contributed by atoms with van der Waals surface area (Å²) in [5.41, 5.74) is 3.78. The average Bonchev–Trinajstić information content (AvgIpc) is 2.73. The van der Waals surface area contributed by atoms with Gasteiger partial charge in [-0.1, -0.05) is 36.4 Å². The maximum atomic E-state index is 12.8. The van der Waals surface area contributed by atoms with Crippen molar-refractivity contribution in [3.8, 4) is 11.5 Å². The molecule has 3 rings (SSSR count). The molecule has 0 saturated heterocycles. The minimum absolute atomic E-state index is 0.231. The van der Waals surface area contributed by atoms with Crippen molar-refractivity contribution in [2.45, 2.75) is 12.8 Å². The minimum Gasteiger partial charge on any atom is -0.493 e. The van der Waals surface area contributed by atoms with Gasteiger partial charge in [0.05, 0.1) is 29.0 Å². The van der Waals surface area contributed by atoms with E-state index in [1.807, 2.05) is 30.3 Å². The van der Waals surface area contributed by atoms with Gasteiger partial charge in [-0.05, 0) is 57.4 Å². The summed E-state index contributed by atoms with van der Waals surface area (Å²) in [4.78, 5) is 0. The molecule has 0 aromatic heterocycles. The van der Waals surface area contributed by atoms with Gasteiger partial charge in [0.15, 0.2) is 11.5 Å². The summed E-state index contributed by atoms with van der Waals surface area (Å²) in [6.45, 7) is 0.375. The third-order valence-electron chi connectivity index (χ3n) is 4.07. The van der Waals surface area contributed by atoms with Crippen LogP contribution < -0.4 is 14.9 Å². The monoisotopic (exact) mass is 478 g/mol. The molecule has 3 aromatic carbocycles. The summed E-state index contributed by atoms with van der Waals surface area (Å²) >= 11 is 3.47. The molecular formula is C22H18BrF3N2O2. The van der Waals surface area contributed by atoms with Crippen molar-refractivity contribution >= 4 is 27.8 Å². The van der Waals surface area contributed by atoms with Crippen LogP contribution in [0.25, 0.3) is 0 Å². The summed E-state index contributed by atoms with van der Waals surface area (Å²) in [5.74, 6) is 1.05. The number of ether oxygens (including phenoxy) is 2. The first kappa shape index (κ1) is 21.7. The molecule has 0 heterocycles. The quantitative estimate of drug-likeness (QED) is 0.311. The van der Waals surface area contributed by atoms with Crippen molar-refractivity contribution in [1.82, 2.24) is 0 Å². The second-order valence-electron chi connectivity index (χ2n) is 6.26. The SMILES string of the molecule is COc1cc(/C=N\Nc2cccc(C(F)(F)F)c2)cc(Br)c1OCc1ccccc1. The van der Waals surface area contributed by atoms with Gasteiger partial charge in [-0.25, -0.2) is 0 Å². The van der Waals surface area contributed by atoms with Gasteiger partial charge >= 0.3 is 6.18 Å². The van der Waals surface area contributed by atoms with E-state index in [9.17, 15) is 13.2 Å². The lowest BCUT2D eigenvalue weighted by Crippen LogP contribution is -2.05. The maximum absolute atomic E-state index is 12.8. The van der Waals surface area contributed by atoms with Gasteiger partial charge < -0.3 is 9.47 Å². The lowest BCUT2D eigenvalue weighted by molar-refractivity contribution is -0.137. The van der Waals surface area contributed by atoms with Crippen LogP contribution in [0.2, 0.25) is 0 Å². The minimum atomic E-state index is -4.41. The zero-order chi connectivity index (χ0) is 21.6. The van der Waals surface area contributed by atoms with Gasteiger partial charge in [0.25, 0.3) is 0 Å². The molecular weight excluding hydrogens is 461 g/mol. The van der Waals surface area contributed by atoms with Crippen molar-refractivity contribution in [3.05, 3.63) is 87.9 Å². The Kier molecular flexibility index (Phi) is 6.99. The van der Waals surface area contributed by atoms with Gasteiger partial charge in [-0.15, -0.1) is 0 Å². The fraction of sp³-hybridized carbons (Fsp3) is 0.136. The summed E-state index contributed by atoms with van der Waals surface area (Å²) in [6.07, 6.45) is -2.93. The van der Waals surface area contributed by atoms with E-state index in [0.717, 1.165) is 17.7 Å². The molecule has 3 aromatic rings. The van der Waals surface area contributed by atoms with Gasteiger partial charge in [0, 0.05) is 0 Å². The Morgan fingerprint density at radius 1 is 1.03 bits per heavy atom. The molecule has 0 radical (unpaired) electrons. The highest BCUT2D eigenvalue weighted by Gasteiger charge is 2.30. The molecule has 0 aliphatic carbocycles. The fourth-order valence-corrected chi connectivity index (χ4v) is 3.20. The predicted molar refractivity (Wildman–Crippen MR) is 114 cm³/mol. The molecule has 0 saturated carbocycles. The molecule has 30 heavy (non-hydrogen) atoms. The normalized spacial score (nSPS) is 11.5. The molecule has 0 aliphatic rings. The molecule has 4 nitrogen and oxygen atoms in total. The van der Waals surface area contributed by atoms with Crippen molar-refractivity contribution in [1.29, 1.82) is 0 Å². The Hall–Kier alpha value is -3.00. The van der Waals surface area contributed by atoms with E-state index in [4.69, 9.17) is 9.47 Å². The summed E-state index contributed by atoms with van der Waals surface area (Å²) in [5, 5.41) is 4.02. The van der Waals surface area contributed by atoms with Crippen LogP contribution in [0.15, 0.2) is 76.3 Å². The third kappa shape index (κ3) is 5.76. The van der Waals surface area contributed by atoms with Crippen LogP contribution >= 0.6 is 15.9 Å². The van der Waals surface area contributed by atoms with Crippen molar-refractivity contribution < 1.29 is 22.6 Å². The van der Waals surface area contributed by atoms with Crippen molar-refractivity contribution in [2.24, 2.45) is 5.10 Å². The highest BCUT2D eigenvalue weighted by atomic mass is 79.9. The number of nitrogens with zero attached hydrogens (tertiary/aromatic N) is 1. The van der Waals surface area contributed by atoms with Crippen LogP contribution in [0.4, 0.5) is 18.9 Å². The van der Waals surface area contributed by atoms with E-state index < -0.39 is 11.7 Å². The number of methoxy groups -OCH3 is 1. The summed E-state index contributed by atoms with van der Waals surface area (Å²) < 4.78 is 50.3. The number of nitrogens with one attached hydrogen (secondary N) is 1. The molecule has 1 N–H and O–H groups in total. The maximum Gasteiger partial charge on any atom is 0.416 e. The molecule has 0 unspecified atom stereocenters. The molecule has 0 bridgehead atoms. The van der Waals surface area contributed by atoms with E-state index in [1.165, 1.54) is 25.5 Å². The molecule has 0 atom stereocenters. The van der Waals surface area contributed by atoms with Gasteiger partial charge in [-0.3, -0.25) is 5.43 Å². The Morgan fingerprint density at radius 2 is 1.80 bits per heavy atom. The van der Waals surface area contributed by atoms with Crippen LogP contribution in [0.3, 0.4) is 0 Å². The topological polar surface area (TPSA) is 42.8 Å². The van der Waals surface area contributed by atoms with E-state index in [2.05, 4.69) is 26.5 Å². The Bertz CT molecular complexity index is 1020. The number of alkyl halides is 3. The zero-order valence-corrected chi connectivity index (χ0v) is 17.5. The first-order valence-electron chi connectivity index (χ1n) is 8.87. The third-order valence-corrected chi connectivity index (χ3v) is 4.66. The molecule has 8 heteroatoms. The van der Waals surface area contributed by atoms with Crippen LogP contribution in [0, 0.1) is 0 Å². The van der Waals surface area contributed by atoms with E-state index >= 15 is 0 Å². The van der Waals surface area contributed by atoms with Crippen LogP contribution in [0.5, 0.6) is 11.5 Å². The zero-order valence-electron chi connectivity index (χ0n) is 15.9. The van der Waals surface area contributed by atoms with Gasteiger partial charge in [0.2, 0.25) is 0 Å². The molecule has 0 fully saturated rings. The molecule has 156 valence electrons. The van der Waals surface area contributed by atoms with E-state index in [-0.39, 0.29) is 5.69 Å². The molecule has 0 spiro atoms. The largest absolute Gasteiger partial charge is 0.493 e. The highest BCUT2D eigenvalue weighted by Crippen LogP contribution is 2.37. The number of hydrazone groups is 1. The first-order chi connectivity index (χ1) is 14.4. The second-order valence-corrected chi connectivity index (χ2v) is 7.11. The molecule has 0 aliphatic heterocycles. The predicted octanol–water partition coefficient (Wildman–Crippen LogP) is 6.50. The standard InChI is InChI=1S/C22H18BrF3N2O2/c1-29-20-11-16(10-19(23)21(20)30-14-15-6-3-2-4-7-15)13-27-28-18-9-5-8-17(12-18)22(24,25)26/h2-13,28H,14H2,1H3/b27-13-. The number of hydrogen-bond donors (Lipinski definition) is 1. The summed E-state index contributed by atoms with van der Waals surface area (Å²) in [6, 6.07) is 18.0. The van der Waals surface area contributed by atoms with Crippen molar-refractivity contribution in [2.75, 3.05) is 12.5 Å². The number of anilines is 1. The Balaban J connectivity index is 1.71. The Morgan fingerprint density at radius 3 is 2.50 bits per heavy atom. The number of rotatable bonds is 7.